The number of phenols is 2. The number of phenolic OH excluding ortho intramolecular Hbond substituents is 2. The minimum atomic E-state index is -0.0800. The lowest BCUT2D eigenvalue weighted by Crippen LogP contribution is -2.19. The fourth-order valence-corrected chi connectivity index (χ4v) is 4.54. The standard InChI is InChI=1S/C26H36O2/c1-25(2,3)22-15-20(16-23(24(22)28)26(4,5)6)19-9-7-17(8-10-19)18-11-13-21(27)14-12-18/h11-17,19,27-28H,7-10H2,1-6H3. The van der Waals surface area contributed by atoms with Gasteiger partial charge >= 0.3 is 0 Å². The fraction of sp³-hybridized carbons (Fsp3) is 0.538. The van der Waals surface area contributed by atoms with Gasteiger partial charge in [0, 0.05) is 0 Å². The molecule has 1 aliphatic rings. The Morgan fingerprint density at radius 1 is 0.643 bits per heavy atom. The third kappa shape index (κ3) is 4.37. The molecular weight excluding hydrogens is 344 g/mol. The van der Waals surface area contributed by atoms with E-state index < -0.39 is 0 Å². The highest BCUT2D eigenvalue weighted by molar-refractivity contribution is 5.50. The molecule has 0 saturated heterocycles. The average molecular weight is 381 g/mol. The van der Waals surface area contributed by atoms with Crippen molar-refractivity contribution in [3.05, 3.63) is 58.7 Å². The topological polar surface area (TPSA) is 40.5 Å². The summed E-state index contributed by atoms with van der Waals surface area (Å²) in [6, 6.07) is 12.2. The van der Waals surface area contributed by atoms with E-state index in [1.807, 2.05) is 0 Å². The fourth-order valence-electron chi connectivity index (χ4n) is 4.54. The molecule has 3 rings (SSSR count). The van der Waals surface area contributed by atoms with Gasteiger partial charge in [0.2, 0.25) is 0 Å². The van der Waals surface area contributed by atoms with Crippen molar-refractivity contribution in [1.29, 1.82) is 0 Å². The Labute approximate surface area is 170 Å². The van der Waals surface area contributed by atoms with Crippen LogP contribution in [-0.2, 0) is 10.8 Å². The maximum atomic E-state index is 11.0. The zero-order valence-electron chi connectivity index (χ0n) is 18.3. The molecule has 2 heteroatoms. The molecule has 1 fully saturated rings. The molecule has 1 aliphatic carbocycles. The first-order chi connectivity index (χ1) is 13.0. The molecule has 1 saturated carbocycles. The molecule has 2 aromatic rings. The second-order valence-electron chi connectivity index (χ2n) is 10.6. The molecule has 0 bridgehead atoms. The number of rotatable bonds is 2. The zero-order chi connectivity index (χ0) is 20.7. The summed E-state index contributed by atoms with van der Waals surface area (Å²) >= 11 is 0. The van der Waals surface area contributed by atoms with E-state index in [9.17, 15) is 10.2 Å². The summed E-state index contributed by atoms with van der Waals surface area (Å²) in [6.07, 6.45) is 4.69. The highest BCUT2D eigenvalue weighted by Crippen LogP contribution is 2.45. The molecule has 2 N–H and O–H groups in total. The third-order valence-electron chi connectivity index (χ3n) is 6.31. The smallest absolute Gasteiger partial charge is 0.123 e. The molecule has 2 aromatic carbocycles. The summed E-state index contributed by atoms with van der Waals surface area (Å²) in [5.74, 6) is 1.95. The number of benzene rings is 2. The molecule has 0 spiro atoms. The minimum absolute atomic E-state index is 0.0800. The van der Waals surface area contributed by atoms with Gasteiger partial charge in [-0.05, 0) is 82.7 Å². The van der Waals surface area contributed by atoms with Crippen molar-refractivity contribution in [2.75, 3.05) is 0 Å². The Morgan fingerprint density at radius 3 is 1.43 bits per heavy atom. The lowest BCUT2D eigenvalue weighted by molar-refractivity contribution is 0.391. The number of hydrogen-bond acceptors (Lipinski definition) is 2. The third-order valence-corrected chi connectivity index (χ3v) is 6.31. The van der Waals surface area contributed by atoms with Crippen molar-refractivity contribution >= 4 is 0 Å². The van der Waals surface area contributed by atoms with Crippen LogP contribution in [0.4, 0.5) is 0 Å². The van der Waals surface area contributed by atoms with Crippen molar-refractivity contribution in [3.8, 4) is 11.5 Å². The van der Waals surface area contributed by atoms with Crippen LogP contribution in [0.1, 0.15) is 101 Å². The van der Waals surface area contributed by atoms with Crippen LogP contribution in [0, 0.1) is 0 Å². The summed E-state index contributed by atoms with van der Waals surface area (Å²) in [7, 11) is 0. The van der Waals surface area contributed by atoms with Crippen LogP contribution in [0.3, 0.4) is 0 Å². The largest absolute Gasteiger partial charge is 0.508 e. The zero-order valence-corrected chi connectivity index (χ0v) is 18.3. The highest BCUT2D eigenvalue weighted by atomic mass is 16.3. The van der Waals surface area contributed by atoms with Crippen LogP contribution >= 0.6 is 0 Å². The van der Waals surface area contributed by atoms with Crippen LogP contribution in [0.25, 0.3) is 0 Å². The first kappa shape index (κ1) is 20.8. The average Bonchev–Trinajstić information content (AvgIpc) is 2.61. The molecule has 0 aliphatic heterocycles. The summed E-state index contributed by atoms with van der Waals surface area (Å²) in [5.41, 5.74) is 4.70. The molecule has 2 nitrogen and oxygen atoms in total. The molecule has 0 atom stereocenters. The van der Waals surface area contributed by atoms with Crippen molar-refractivity contribution in [1.82, 2.24) is 0 Å². The molecule has 0 amide bonds. The van der Waals surface area contributed by atoms with Crippen molar-refractivity contribution in [2.24, 2.45) is 0 Å². The Bertz CT molecular complexity index is 776. The van der Waals surface area contributed by atoms with E-state index in [0.717, 1.165) is 11.1 Å². The van der Waals surface area contributed by atoms with E-state index >= 15 is 0 Å². The highest BCUT2D eigenvalue weighted by Gasteiger charge is 2.30. The van der Waals surface area contributed by atoms with Crippen molar-refractivity contribution in [3.63, 3.8) is 0 Å². The second-order valence-corrected chi connectivity index (χ2v) is 10.6. The normalized spacial score (nSPS) is 20.9. The maximum Gasteiger partial charge on any atom is 0.123 e. The van der Waals surface area contributed by atoms with Gasteiger partial charge in [-0.25, -0.2) is 0 Å². The molecule has 0 radical (unpaired) electrons. The van der Waals surface area contributed by atoms with E-state index in [2.05, 4.69) is 65.8 Å². The van der Waals surface area contributed by atoms with Crippen molar-refractivity contribution in [2.45, 2.75) is 89.9 Å². The van der Waals surface area contributed by atoms with Gasteiger partial charge in [0.05, 0.1) is 0 Å². The van der Waals surface area contributed by atoms with E-state index in [1.165, 1.54) is 36.8 Å². The van der Waals surface area contributed by atoms with Gasteiger partial charge in [0.1, 0.15) is 11.5 Å². The molecular formula is C26H36O2. The second kappa shape index (κ2) is 7.46. The van der Waals surface area contributed by atoms with Gasteiger partial charge in [0.15, 0.2) is 0 Å². The van der Waals surface area contributed by atoms with E-state index in [4.69, 9.17) is 0 Å². The van der Waals surface area contributed by atoms with Gasteiger partial charge in [-0.3, -0.25) is 0 Å². The van der Waals surface area contributed by atoms with E-state index in [-0.39, 0.29) is 10.8 Å². The lowest BCUT2D eigenvalue weighted by Gasteiger charge is -2.33. The predicted molar refractivity (Wildman–Crippen MR) is 118 cm³/mol. The lowest BCUT2D eigenvalue weighted by atomic mass is 9.72. The Kier molecular flexibility index (Phi) is 5.53. The first-order valence-corrected chi connectivity index (χ1v) is 10.6. The van der Waals surface area contributed by atoms with Gasteiger partial charge in [-0.2, -0.15) is 0 Å². The monoisotopic (exact) mass is 380 g/mol. The first-order valence-electron chi connectivity index (χ1n) is 10.6. The van der Waals surface area contributed by atoms with Crippen LogP contribution in [0.2, 0.25) is 0 Å². The SMILES string of the molecule is CC(C)(C)c1cc(C2CCC(c3ccc(O)cc3)CC2)cc(C(C)(C)C)c1O. The molecule has 152 valence electrons. The van der Waals surface area contributed by atoms with Gasteiger partial charge in [-0.15, -0.1) is 0 Å². The summed E-state index contributed by atoms with van der Waals surface area (Å²) in [4.78, 5) is 0. The maximum absolute atomic E-state index is 11.0. The number of aromatic hydroxyl groups is 2. The Morgan fingerprint density at radius 2 is 1.04 bits per heavy atom. The molecule has 0 heterocycles. The Balaban J connectivity index is 1.87. The van der Waals surface area contributed by atoms with Crippen LogP contribution in [-0.4, -0.2) is 10.2 Å². The quantitative estimate of drug-likeness (QED) is 0.581. The Hall–Kier alpha value is -1.96. The molecule has 28 heavy (non-hydrogen) atoms. The van der Waals surface area contributed by atoms with Crippen LogP contribution in [0.15, 0.2) is 36.4 Å². The van der Waals surface area contributed by atoms with Crippen LogP contribution < -0.4 is 0 Å². The van der Waals surface area contributed by atoms with Gasteiger partial charge < -0.3 is 10.2 Å². The van der Waals surface area contributed by atoms with Crippen LogP contribution in [0.5, 0.6) is 11.5 Å². The van der Waals surface area contributed by atoms with E-state index in [0.29, 0.717) is 23.3 Å². The van der Waals surface area contributed by atoms with Crippen molar-refractivity contribution < 1.29 is 10.2 Å². The minimum Gasteiger partial charge on any atom is -0.508 e. The predicted octanol–water partition coefficient (Wildman–Crippen LogP) is 7.13. The number of hydrogen-bond donors (Lipinski definition) is 2. The van der Waals surface area contributed by atoms with Gasteiger partial charge in [-0.1, -0.05) is 65.8 Å². The van der Waals surface area contributed by atoms with Gasteiger partial charge in [0.25, 0.3) is 0 Å². The summed E-state index contributed by atoms with van der Waals surface area (Å²) in [5, 5.41) is 20.5. The summed E-state index contributed by atoms with van der Waals surface area (Å²) < 4.78 is 0. The summed E-state index contributed by atoms with van der Waals surface area (Å²) in [6.45, 7) is 13.1. The van der Waals surface area contributed by atoms with E-state index in [1.54, 1.807) is 12.1 Å². The molecule has 0 unspecified atom stereocenters. The molecule has 0 aromatic heterocycles.